The number of rotatable bonds is 0. The Balaban J connectivity index is 2.13. The maximum atomic E-state index is 12.4. The molecule has 0 aromatic heterocycles. The van der Waals surface area contributed by atoms with Crippen molar-refractivity contribution in [3.8, 4) is 0 Å². The lowest BCUT2D eigenvalue weighted by Crippen LogP contribution is -2.50. The number of hydrogen-bond acceptors (Lipinski definition) is 2. The smallest absolute Gasteiger partial charge is 0.141 e. The Kier molecular flexibility index (Phi) is 1.95. The van der Waals surface area contributed by atoms with Gasteiger partial charge >= 0.3 is 0 Å². The highest BCUT2D eigenvalue weighted by Crippen LogP contribution is 2.67. The lowest BCUT2D eigenvalue weighted by atomic mass is 9.55. The van der Waals surface area contributed by atoms with Gasteiger partial charge in [-0.15, -0.1) is 0 Å². The van der Waals surface area contributed by atoms with Crippen LogP contribution >= 0.6 is 0 Å². The van der Waals surface area contributed by atoms with E-state index >= 15 is 0 Å². The predicted molar refractivity (Wildman–Crippen MR) is 61.8 cm³/mol. The molecule has 0 saturated heterocycles. The van der Waals surface area contributed by atoms with E-state index in [4.69, 9.17) is 0 Å². The first kappa shape index (κ1) is 10.8. The molecule has 1 spiro atoms. The van der Waals surface area contributed by atoms with Gasteiger partial charge < -0.3 is 5.11 Å². The molecule has 3 saturated carbocycles. The van der Waals surface area contributed by atoms with E-state index in [2.05, 4.69) is 20.8 Å². The zero-order chi connectivity index (χ0) is 11.7. The zero-order valence-electron chi connectivity index (χ0n) is 10.5. The maximum absolute atomic E-state index is 12.4. The summed E-state index contributed by atoms with van der Waals surface area (Å²) in [6.45, 7) is 6.49. The van der Waals surface area contributed by atoms with Gasteiger partial charge in [-0.3, -0.25) is 4.79 Å². The maximum Gasteiger partial charge on any atom is 0.141 e. The summed E-state index contributed by atoms with van der Waals surface area (Å²) in [4.78, 5) is 12.4. The third kappa shape index (κ3) is 0.958. The van der Waals surface area contributed by atoms with Gasteiger partial charge in [0.05, 0.1) is 6.10 Å². The fraction of sp³-hybridized carbons (Fsp3) is 0.929. The number of carbonyl (C=O) groups excluding carboxylic acids is 1. The normalized spacial score (nSPS) is 54.1. The van der Waals surface area contributed by atoms with Crippen LogP contribution in [0.5, 0.6) is 0 Å². The summed E-state index contributed by atoms with van der Waals surface area (Å²) < 4.78 is 0. The summed E-state index contributed by atoms with van der Waals surface area (Å²) in [7, 11) is 0. The monoisotopic (exact) mass is 222 g/mol. The SMILES string of the molecule is C[C@@H]1CCC2C(C)(C)C(=O)[C@@H]3C[C@H](O)[C@@]21C3. The van der Waals surface area contributed by atoms with Gasteiger partial charge in [-0.05, 0) is 37.5 Å². The van der Waals surface area contributed by atoms with Crippen LogP contribution in [-0.2, 0) is 4.79 Å². The molecular formula is C14H22O2. The molecule has 0 heterocycles. The van der Waals surface area contributed by atoms with Gasteiger partial charge in [0.2, 0.25) is 0 Å². The second kappa shape index (κ2) is 2.90. The molecule has 3 aliphatic carbocycles. The molecule has 1 unspecified atom stereocenters. The number of aliphatic hydroxyl groups is 1. The average Bonchev–Trinajstić information content (AvgIpc) is 2.69. The van der Waals surface area contributed by atoms with Crippen LogP contribution in [0.15, 0.2) is 0 Å². The van der Waals surface area contributed by atoms with E-state index in [0.29, 0.717) is 17.6 Å². The summed E-state index contributed by atoms with van der Waals surface area (Å²) in [6.07, 6.45) is 3.77. The Morgan fingerprint density at radius 1 is 1.31 bits per heavy atom. The molecule has 0 radical (unpaired) electrons. The molecule has 0 aromatic carbocycles. The molecule has 90 valence electrons. The highest BCUT2D eigenvalue weighted by atomic mass is 16.3. The minimum Gasteiger partial charge on any atom is -0.393 e. The first-order chi connectivity index (χ1) is 7.40. The first-order valence-electron chi connectivity index (χ1n) is 6.63. The molecule has 3 aliphatic rings. The van der Waals surface area contributed by atoms with Gasteiger partial charge in [0.15, 0.2) is 0 Å². The summed E-state index contributed by atoms with van der Waals surface area (Å²) in [5, 5.41) is 10.4. The number of Topliss-reactive ketones (excluding diaryl/α,β-unsaturated/α-hetero) is 1. The van der Waals surface area contributed by atoms with Gasteiger partial charge in [0.1, 0.15) is 5.78 Å². The molecular weight excluding hydrogens is 200 g/mol. The minimum absolute atomic E-state index is 0.0715. The van der Waals surface area contributed by atoms with Crippen LogP contribution in [0.3, 0.4) is 0 Å². The quantitative estimate of drug-likeness (QED) is 0.683. The molecule has 1 N–H and O–H groups in total. The van der Waals surface area contributed by atoms with Crippen molar-refractivity contribution < 1.29 is 9.90 Å². The standard InChI is InChI=1S/C14H22O2/c1-8-4-5-10-13(2,3)12(16)9-6-11(15)14(8,10)7-9/h8-11,15H,4-7H2,1-3H3/t8-,9-,10?,11+,14-/m1/s1. The van der Waals surface area contributed by atoms with Crippen LogP contribution in [0.2, 0.25) is 0 Å². The van der Waals surface area contributed by atoms with Crippen molar-refractivity contribution in [2.75, 3.05) is 0 Å². The van der Waals surface area contributed by atoms with Gasteiger partial charge in [0, 0.05) is 16.7 Å². The molecule has 2 bridgehead atoms. The van der Waals surface area contributed by atoms with Crippen LogP contribution in [0, 0.1) is 28.6 Å². The van der Waals surface area contributed by atoms with Gasteiger partial charge in [-0.1, -0.05) is 20.8 Å². The molecule has 16 heavy (non-hydrogen) atoms. The van der Waals surface area contributed by atoms with Gasteiger partial charge in [-0.2, -0.15) is 0 Å². The number of fused-ring (bicyclic) bond motifs is 1. The van der Waals surface area contributed by atoms with Crippen LogP contribution in [-0.4, -0.2) is 17.0 Å². The van der Waals surface area contributed by atoms with E-state index in [1.165, 1.54) is 6.42 Å². The van der Waals surface area contributed by atoms with Crippen LogP contribution in [0.25, 0.3) is 0 Å². The van der Waals surface area contributed by atoms with Gasteiger partial charge in [-0.25, -0.2) is 0 Å². The summed E-state index contributed by atoms with van der Waals surface area (Å²) >= 11 is 0. The summed E-state index contributed by atoms with van der Waals surface area (Å²) in [5.74, 6) is 1.56. The number of hydrogen-bond donors (Lipinski definition) is 1. The first-order valence-corrected chi connectivity index (χ1v) is 6.63. The largest absolute Gasteiger partial charge is 0.393 e. The third-order valence-electron chi connectivity index (χ3n) is 6.06. The molecule has 3 rings (SSSR count). The molecule has 3 fully saturated rings. The van der Waals surface area contributed by atoms with E-state index < -0.39 is 0 Å². The van der Waals surface area contributed by atoms with E-state index in [1.54, 1.807) is 0 Å². The van der Waals surface area contributed by atoms with E-state index in [1.807, 2.05) is 0 Å². The van der Waals surface area contributed by atoms with E-state index in [0.717, 1.165) is 19.3 Å². The number of aliphatic hydroxyl groups excluding tert-OH is 1. The van der Waals surface area contributed by atoms with Crippen molar-refractivity contribution in [3.63, 3.8) is 0 Å². The highest BCUT2D eigenvalue weighted by molar-refractivity contribution is 5.88. The Bertz CT molecular complexity index is 347. The molecule has 0 aliphatic heterocycles. The number of ketones is 1. The topological polar surface area (TPSA) is 37.3 Å². The van der Waals surface area contributed by atoms with Gasteiger partial charge in [0.25, 0.3) is 0 Å². The zero-order valence-corrected chi connectivity index (χ0v) is 10.5. The summed E-state index contributed by atoms with van der Waals surface area (Å²) in [5.41, 5.74) is -0.132. The lowest BCUT2D eigenvalue weighted by molar-refractivity contribution is -0.144. The van der Waals surface area contributed by atoms with Crippen molar-refractivity contribution in [2.24, 2.45) is 28.6 Å². The molecule has 2 nitrogen and oxygen atoms in total. The highest BCUT2D eigenvalue weighted by Gasteiger charge is 2.67. The fourth-order valence-electron chi connectivity index (χ4n) is 5.27. The second-order valence-corrected chi connectivity index (χ2v) is 6.88. The van der Waals surface area contributed by atoms with Crippen molar-refractivity contribution in [1.82, 2.24) is 0 Å². The Morgan fingerprint density at radius 2 is 2.00 bits per heavy atom. The van der Waals surface area contributed by atoms with Crippen molar-refractivity contribution in [3.05, 3.63) is 0 Å². The van der Waals surface area contributed by atoms with E-state index in [9.17, 15) is 9.90 Å². The lowest BCUT2D eigenvalue weighted by Gasteiger charge is -2.48. The molecule has 5 atom stereocenters. The van der Waals surface area contributed by atoms with Crippen molar-refractivity contribution in [1.29, 1.82) is 0 Å². The van der Waals surface area contributed by atoms with Crippen LogP contribution in [0.4, 0.5) is 0 Å². The summed E-state index contributed by atoms with van der Waals surface area (Å²) in [6, 6.07) is 0. The van der Waals surface area contributed by atoms with E-state index in [-0.39, 0.29) is 22.9 Å². The average molecular weight is 222 g/mol. The molecule has 0 aromatic rings. The molecule has 0 amide bonds. The Morgan fingerprint density at radius 3 is 2.69 bits per heavy atom. The van der Waals surface area contributed by atoms with Crippen LogP contribution in [0.1, 0.15) is 46.5 Å². The fourth-order valence-corrected chi connectivity index (χ4v) is 5.27. The van der Waals surface area contributed by atoms with Crippen molar-refractivity contribution >= 4 is 5.78 Å². The Labute approximate surface area is 97.4 Å². The predicted octanol–water partition coefficient (Wildman–Crippen LogP) is 2.40. The number of carbonyl (C=O) groups is 1. The second-order valence-electron chi connectivity index (χ2n) is 6.88. The third-order valence-corrected chi connectivity index (χ3v) is 6.06. The Hall–Kier alpha value is -0.370. The van der Waals surface area contributed by atoms with Crippen LogP contribution < -0.4 is 0 Å². The molecule has 2 heteroatoms. The van der Waals surface area contributed by atoms with Crippen molar-refractivity contribution in [2.45, 2.75) is 52.6 Å². The minimum atomic E-state index is -0.231.